The second-order valence-electron chi connectivity index (χ2n) is 13.6. The van der Waals surface area contributed by atoms with Crippen LogP contribution < -0.4 is 10.1 Å². The van der Waals surface area contributed by atoms with E-state index in [2.05, 4.69) is 33.0 Å². The number of fused-ring (bicyclic) bond motifs is 1. The van der Waals surface area contributed by atoms with Gasteiger partial charge in [0.1, 0.15) is 5.75 Å². The molecule has 2 heterocycles. The summed E-state index contributed by atoms with van der Waals surface area (Å²) in [6, 6.07) is 22.0. The van der Waals surface area contributed by atoms with Crippen molar-refractivity contribution < 1.29 is 24.2 Å². The molecule has 5 rings (SSSR count). The molecule has 3 amide bonds. The Hall–Kier alpha value is -4.96. The normalized spacial score (nSPS) is 13.9. The Morgan fingerprint density at radius 3 is 2.29 bits per heavy atom. The Balaban J connectivity index is 1.46. The van der Waals surface area contributed by atoms with Crippen molar-refractivity contribution in [3.8, 4) is 11.4 Å². The van der Waals surface area contributed by atoms with Crippen LogP contribution in [0.1, 0.15) is 103 Å². The van der Waals surface area contributed by atoms with Gasteiger partial charge in [0.25, 0.3) is 17.7 Å². The average molecular weight is 694 g/mol. The van der Waals surface area contributed by atoms with Crippen LogP contribution in [0.2, 0.25) is 0 Å². The zero-order valence-corrected chi connectivity index (χ0v) is 30.5. The van der Waals surface area contributed by atoms with Crippen LogP contribution >= 0.6 is 0 Å². The maximum atomic E-state index is 14.6. The van der Waals surface area contributed by atoms with Crippen LogP contribution in [-0.2, 0) is 17.8 Å². The number of aryl methyl sites for hydroxylation is 1. The van der Waals surface area contributed by atoms with E-state index < -0.39 is 6.04 Å². The number of nitrogens with zero attached hydrogens (tertiary/aromatic N) is 4. The molecular weight excluding hydrogens is 642 g/mol. The van der Waals surface area contributed by atoms with E-state index in [4.69, 9.17) is 9.84 Å². The minimum absolute atomic E-state index is 0.137. The van der Waals surface area contributed by atoms with Gasteiger partial charge in [0.15, 0.2) is 12.3 Å². The molecule has 1 aliphatic rings. The quantitative estimate of drug-likeness (QED) is 0.140. The van der Waals surface area contributed by atoms with Crippen LogP contribution in [0, 0.1) is 6.92 Å². The number of aliphatic hydroxyl groups is 1. The lowest BCUT2D eigenvalue weighted by molar-refractivity contribution is -0.118. The molecule has 1 unspecified atom stereocenters. The lowest BCUT2D eigenvalue weighted by Crippen LogP contribution is -2.46. The molecule has 51 heavy (non-hydrogen) atoms. The first-order chi connectivity index (χ1) is 24.6. The maximum absolute atomic E-state index is 14.6. The predicted molar refractivity (Wildman–Crippen MR) is 200 cm³/mol. The fraction of sp³-hybridized carbons (Fsp3) is 0.415. The van der Waals surface area contributed by atoms with E-state index in [1.165, 1.54) is 5.56 Å². The third-order valence-corrected chi connectivity index (χ3v) is 9.44. The molecule has 0 spiro atoms. The number of hydrogen-bond donors (Lipinski definition) is 2. The van der Waals surface area contributed by atoms with Crippen LogP contribution in [0.4, 0.5) is 5.69 Å². The first-order valence-electron chi connectivity index (χ1n) is 18.1. The molecule has 3 aromatic carbocycles. The summed E-state index contributed by atoms with van der Waals surface area (Å²) in [6.07, 6.45) is 4.28. The van der Waals surface area contributed by atoms with Gasteiger partial charge in [-0.2, -0.15) is 5.10 Å². The molecule has 0 saturated heterocycles. The molecule has 270 valence electrons. The lowest BCUT2D eigenvalue weighted by atomic mass is 9.93. The highest BCUT2D eigenvalue weighted by atomic mass is 16.5. The van der Waals surface area contributed by atoms with Crippen LogP contribution in [0.5, 0.6) is 5.75 Å². The first-order valence-corrected chi connectivity index (χ1v) is 18.1. The summed E-state index contributed by atoms with van der Waals surface area (Å²) in [7, 11) is 0. The number of aliphatic hydroxyl groups excluding tert-OH is 1. The van der Waals surface area contributed by atoms with Crippen molar-refractivity contribution in [3.05, 3.63) is 106 Å². The molecule has 10 nitrogen and oxygen atoms in total. The summed E-state index contributed by atoms with van der Waals surface area (Å²) in [5.74, 6) is 0.146. The van der Waals surface area contributed by atoms with Gasteiger partial charge in [-0.1, -0.05) is 76.9 Å². The Morgan fingerprint density at radius 1 is 0.961 bits per heavy atom. The minimum atomic E-state index is -0.435. The molecule has 4 aromatic rings. The second kappa shape index (κ2) is 17.3. The second-order valence-corrected chi connectivity index (χ2v) is 13.6. The standard InChI is InChI=1S/C41H51N5O5/c1-6-8-20-44(21-9-7-2)41(50)37-22-29(5)46(43-37)38-19-16-33(42-39(48)27-51-35-17-14-30(15-18-35)28(3)4)24-36(38)40(49)45-25-32-13-11-10-12-31(32)23-34(45)26-47/h10-19,22,24,28,34,47H,6-9,20-21,23,25-27H2,1-5H3,(H,42,48). The molecular formula is C41H51N5O5. The van der Waals surface area contributed by atoms with E-state index in [1.807, 2.05) is 60.4 Å². The number of hydrogen-bond acceptors (Lipinski definition) is 6. The molecule has 1 aliphatic heterocycles. The smallest absolute Gasteiger partial charge is 0.274 e. The van der Waals surface area contributed by atoms with Crippen LogP contribution in [-0.4, -0.2) is 74.8 Å². The van der Waals surface area contributed by atoms with Crippen LogP contribution in [0.3, 0.4) is 0 Å². The number of carbonyl (C=O) groups is 3. The van der Waals surface area contributed by atoms with Gasteiger partial charge in [-0.3, -0.25) is 14.4 Å². The maximum Gasteiger partial charge on any atom is 0.274 e. The number of unbranched alkanes of at least 4 members (excludes halogenated alkanes) is 2. The van der Waals surface area contributed by atoms with Gasteiger partial charge in [0, 0.05) is 31.0 Å². The Morgan fingerprint density at radius 2 is 1.65 bits per heavy atom. The number of aromatic nitrogens is 2. The number of ether oxygens (including phenoxy) is 1. The molecule has 0 radical (unpaired) electrons. The summed E-state index contributed by atoms with van der Waals surface area (Å²) < 4.78 is 7.37. The summed E-state index contributed by atoms with van der Waals surface area (Å²) >= 11 is 0. The number of anilines is 1. The molecule has 10 heteroatoms. The largest absolute Gasteiger partial charge is 0.484 e. The van der Waals surface area contributed by atoms with Gasteiger partial charge in [-0.25, -0.2) is 4.68 Å². The van der Waals surface area contributed by atoms with E-state index in [0.717, 1.165) is 36.8 Å². The highest BCUT2D eigenvalue weighted by molar-refractivity contribution is 6.01. The Bertz CT molecular complexity index is 1810. The highest BCUT2D eigenvalue weighted by Crippen LogP contribution is 2.29. The van der Waals surface area contributed by atoms with Crippen molar-refractivity contribution in [2.75, 3.05) is 31.6 Å². The average Bonchev–Trinajstić information content (AvgIpc) is 3.54. The molecule has 2 N–H and O–H groups in total. The van der Waals surface area contributed by atoms with Gasteiger partial charge in [0.05, 0.1) is 23.9 Å². The Kier molecular flexibility index (Phi) is 12.7. The Labute approximate surface area is 301 Å². The van der Waals surface area contributed by atoms with Crippen LogP contribution in [0.15, 0.2) is 72.8 Å². The number of rotatable bonds is 15. The SMILES string of the molecule is CCCCN(CCCC)C(=O)c1cc(C)n(-c2ccc(NC(=O)COc3ccc(C(C)C)cc3)cc2C(=O)N2Cc3ccccc3CC2CO)n1. The number of carbonyl (C=O) groups excluding carboxylic acids is 3. The van der Waals surface area contributed by atoms with Crippen molar-refractivity contribution in [2.24, 2.45) is 0 Å². The first kappa shape index (κ1) is 37.3. The predicted octanol–water partition coefficient (Wildman–Crippen LogP) is 6.92. The fourth-order valence-electron chi connectivity index (χ4n) is 6.41. The molecule has 0 bridgehead atoms. The van der Waals surface area contributed by atoms with Crippen molar-refractivity contribution in [2.45, 2.75) is 85.2 Å². The van der Waals surface area contributed by atoms with E-state index in [0.29, 0.717) is 60.5 Å². The summed E-state index contributed by atoms with van der Waals surface area (Å²) in [6.45, 7) is 11.5. The molecule has 1 atom stereocenters. The van der Waals surface area contributed by atoms with E-state index in [9.17, 15) is 19.5 Å². The molecule has 0 fully saturated rings. The van der Waals surface area contributed by atoms with Gasteiger partial charge in [0.2, 0.25) is 0 Å². The van der Waals surface area contributed by atoms with Crippen molar-refractivity contribution in [1.82, 2.24) is 19.6 Å². The van der Waals surface area contributed by atoms with E-state index in [1.54, 1.807) is 33.8 Å². The highest BCUT2D eigenvalue weighted by Gasteiger charge is 2.32. The number of benzene rings is 3. The van der Waals surface area contributed by atoms with Gasteiger partial charge >= 0.3 is 0 Å². The fourth-order valence-corrected chi connectivity index (χ4v) is 6.41. The zero-order valence-electron chi connectivity index (χ0n) is 30.5. The summed E-state index contributed by atoms with van der Waals surface area (Å²) in [5, 5.41) is 18.0. The van der Waals surface area contributed by atoms with Crippen LogP contribution in [0.25, 0.3) is 5.69 Å². The lowest BCUT2D eigenvalue weighted by Gasteiger charge is -2.36. The van der Waals surface area contributed by atoms with Crippen molar-refractivity contribution in [3.63, 3.8) is 0 Å². The van der Waals surface area contributed by atoms with Gasteiger partial charge in [-0.05, 0) is 85.2 Å². The van der Waals surface area contributed by atoms with Gasteiger partial charge in [-0.15, -0.1) is 0 Å². The number of nitrogens with one attached hydrogen (secondary N) is 1. The molecule has 1 aromatic heterocycles. The summed E-state index contributed by atoms with van der Waals surface area (Å²) in [4.78, 5) is 44.8. The number of amides is 3. The third-order valence-electron chi connectivity index (χ3n) is 9.44. The zero-order chi connectivity index (χ0) is 36.5. The molecule has 0 saturated carbocycles. The topological polar surface area (TPSA) is 117 Å². The van der Waals surface area contributed by atoms with Crippen molar-refractivity contribution in [1.29, 1.82) is 0 Å². The molecule has 0 aliphatic carbocycles. The third kappa shape index (κ3) is 9.05. The minimum Gasteiger partial charge on any atom is -0.484 e. The van der Waals surface area contributed by atoms with Gasteiger partial charge < -0.3 is 25.0 Å². The van der Waals surface area contributed by atoms with E-state index in [-0.39, 0.29) is 36.5 Å². The van der Waals surface area contributed by atoms with Crippen molar-refractivity contribution >= 4 is 23.4 Å². The van der Waals surface area contributed by atoms with E-state index >= 15 is 0 Å². The monoisotopic (exact) mass is 693 g/mol. The summed E-state index contributed by atoms with van der Waals surface area (Å²) in [5.41, 5.74) is 5.47.